The van der Waals surface area contributed by atoms with E-state index in [1.807, 2.05) is 13.8 Å². The first-order chi connectivity index (χ1) is 16.0. The van der Waals surface area contributed by atoms with Gasteiger partial charge in [0.25, 0.3) is 5.97 Å². The van der Waals surface area contributed by atoms with E-state index in [9.17, 15) is 13.5 Å². The zero-order valence-electron chi connectivity index (χ0n) is 18.9. The molecule has 0 amide bonds. The maximum Gasteiger partial charge on any atom is 0.300 e. The van der Waals surface area contributed by atoms with Crippen molar-refractivity contribution >= 4 is 21.8 Å². The van der Waals surface area contributed by atoms with Gasteiger partial charge in [-0.3, -0.25) is 4.79 Å². The number of carboxylic acids is 1. The van der Waals surface area contributed by atoms with Crippen molar-refractivity contribution in [2.24, 2.45) is 0 Å². The van der Waals surface area contributed by atoms with Crippen LogP contribution in [0.4, 0.5) is 5.82 Å². The van der Waals surface area contributed by atoms with Gasteiger partial charge in [-0.05, 0) is 43.2 Å². The standard InChI is InChI=1S/C20H23N5O4S.C2H4O2/c1-11-3-4-14(30(27,28)25-17-9-22-10-18(17)26)7-15(11)13-6-16(20(21)23-8-13)19-5-12(2)24-29-19;1-2(3)4/h3-8,17-18,22,25-26H,9-10H2,1-2H3,(H2,21,23);1H3,(H,3,4)/t17-,18-;/m0./s1. The largest absolute Gasteiger partial charge is 0.481 e. The van der Waals surface area contributed by atoms with Crippen LogP contribution in [0.3, 0.4) is 0 Å². The quantitative estimate of drug-likeness (QED) is 0.350. The fourth-order valence-electron chi connectivity index (χ4n) is 3.44. The van der Waals surface area contributed by atoms with Crippen LogP contribution in [0.2, 0.25) is 0 Å². The van der Waals surface area contributed by atoms with Crippen molar-refractivity contribution in [3.05, 3.63) is 47.8 Å². The Kier molecular flexibility index (Phi) is 7.67. The second-order valence-electron chi connectivity index (χ2n) is 7.94. The van der Waals surface area contributed by atoms with Gasteiger partial charge < -0.3 is 25.8 Å². The molecule has 2 aromatic heterocycles. The van der Waals surface area contributed by atoms with E-state index in [4.69, 9.17) is 20.2 Å². The highest BCUT2D eigenvalue weighted by Gasteiger charge is 2.30. The maximum absolute atomic E-state index is 12.9. The monoisotopic (exact) mass is 489 g/mol. The van der Waals surface area contributed by atoms with Gasteiger partial charge >= 0.3 is 0 Å². The normalized spacial score (nSPS) is 17.8. The number of benzene rings is 1. The van der Waals surface area contributed by atoms with Gasteiger partial charge in [-0.2, -0.15) is 0 Å². The first kappa shape index (κ1) is 25.3. The molecule has 0 radical (unpaired) electrons. The van der Waals surface area contributed by atoms with Crippen molar-refractivity contribution in [1.82, 2.24) is 20.2 Å². The number of aryl methyl sites for hydroxylation is 2. The molecule has 2 atom stereocenters. The van der Waals surface area contributed by atoms with Crippen LogP contribution in [0.15, 0.2) is 45.9 Å². The lowest BCUT2D eigenvalue weighted by atomic mass is 10.00. The predicted octanol–water partition coefficient (Wildman–Crippen LogP) is 1.30. The smallest absolute Gasteiger partial charge is 0.300 e. The lowest BCUT2D eigenvalue weighted by Crippen LogP contribution is -2.42. The number of nitrogens with one attached hydrogen (secondary N) is 2. The fraction of sp³-hybridized carbons (Fsp3) is 0.318. The lowest BCUT2D eigenvalue weighted by Gasteiger charge is -2.17. The molecule has 34 heavy (non-hydrogen) atoms. The molecule has 0 aliphatic carbocycles. The van der Waals surface area contributed by atoms with E-state index in [0.29, 0.717) is 47.1 Å². The van der Waals surface area contributed by atoms with E-state index in [1.165, 1.54) is 0 Å². The van der Waals surface area contributed by atoms with Crippen LogP contribution in [0.5, 0.6) is 0 Å². The number of rotatable bonds is 5. The zero-order valence-corrected chi connectivity index (χ0v) is 19.8. The minimum atomic E-state index is -3.81. The molecule has 1 aliphatic heterocycles. The Labute approximate surface area is 197 Å². The van der Waals surface area contributed by atoms with Gasteiger partial charge in [-0.1, -0.05) is 11.2 Å². The minimum Gasteiger partial charge on any atom is -0.481 e. The van der Waals surface area contributed by atoms with Crippen LogP contribution in [0.1, 0.15) is 18.2 Å². The van der Waals surface area contributed by atoms with Gasteiger partial charge in [0.2, 0.25) is 10.0 Å². The average Bonchev–Trinajstić information content (AvgIpc) is 3.36. The molecule has 0 unspecified atom stereocenters. The van der Waals surface area contributed by atoms with Gasteiger partial charge in [0.05, 0.1) is 28.3 Å². The number of aliphatic hydroxyl groups is 1. The summed E-state index contributed by atoms with van der Waals surface area (Å²) in [5, 5.41) is 24.2. The second-order valence-corrected chi connectivity index (χ2v) is 9.65. The molecule has 182 valence electrons. The second kappa shape index (κ2) is 10.3. The number of hydrogen-bond acceptors (Lipinski definition) is 9. The lowest BCUT2D eigenvalue weighted by molar-refractivity contribution is -0.134. The first-order valence-electron chi connectivity index (χ1n) is 10.4. The summed E-state index contributed by atoms with van der Waals surface area (Å²) in [6.45, 7) is 5.51. The Morgan fingerprint density at radius 3 is 2.50 bits per heavy atom. The van der Waals surface area contributed by atoms with E-state index in [0.717, 1.165) is 12.5 Å². The van der Waals surface area contributed by atoms with Crippen LogP contribution < -0.4 is 15.8 Å². The number of pyridine rings is 1. The number of hydrogen-bond donors (Lipinski definition) is 5. The Morgan fingerprint density at radius 2 is 1.91 bits per heavy atom. The van der Waals surface area contributed by atoms with Crippen LogP contribution in [-0.4, -0.2) is 60.0 Å². The van der Waals surface area contributed by atoms with Crippen molar-refractivity contribution in [3.63, 3.8) is 0 Å². The van der Waals surface area contributed by atoms with Crippen molar-refractivity contribution < 1.29 is 27.9 Å². The molecule has 1 aromatic carbocycles. The highest BCUT2D eigenvalue weighted by molar-refractivity contribution is 7.89. The summed E-state index contributed by atoms with van der Waals surface area (Å²) < 4.78 is 33.6. The molecule has 12 heteroatoms. The van der Waals surface area contributed by atoms with Gasteiger partial charge in [0.15, 0.2) is 5.76 Å². The molecule has 1 saturated heterocycles. The number of carboxylic acid groups (broad SMARTS) is 1. The summed E-state index contributed by atoms with van der Waals surface area (Å²) in [6, 6.07) is 7.87. The molecule has 4 rings (SSSR count). The van der Waals surface area contributed by atoms with E-state index in [1.54, 1.807) is 36.5 Å². The highest BCUT2D eigenvalue weighted by atomic mass is 32.2. The average molecular weight is 490 g/mol. The number of β-amino-alcohol motifs (C(OH)–C–C–N with tert-alkyl or cyclic N) is 1. The summed E-state index contributed by atoms with van der Waals surface area (Å²) in [5.41, 5.74) is 9.59. The number of carbonyl (C=O) groups is 1. The van der Waals surface area contributed by atoms with E-state index >= 15 is 0 Å². The van der Waals surface area contributed by atoms with Crippen LogP contribution >= 0.6 is 0 Å². The summed E-state index contributed by atoms with van der Waals surface area (Å²) in [4.78, 5) is 13.4. The molecular weight excluding hydrogens is 462 g/mol. The topological polar surface area (TPSA) is 181 Å². The number of aliphatic carboxylic acids is 1. The van der Waals surface area contributed by atoms with Crippen LogP contribution in [0.25, 0.3) is 22.5 Å². The molecule has 0 bridgehead atoms. The molecule has 1 aliphatic rings. The first-order valence-corrected chi connectivity index (χ1v) is 11.9. The minimum absolute atomic E-state index is 0.107. The number of aromatic nitrogens is 2. The van der Waals surface area contributed by atoms with Crippen molar-refractivity contribution in [2.75, 3.05) is 18.8 Å². The van der Waals surface area contributed by atoms with Crippen molar-refractivity contribution in [2.45, 2.75) is 37.8 Å². The number of nitrogen functional groups attached to an aromatic ring is 1. The van der Waals surface area contributed by atoms with Gasteiger partial charge in [-0.25, -0.2) is 18.1 Å². The number of anilines is 1. The van der Waals surface area contributed by atoms with E-state index in [2.05, 4.69) is 20.2 Å². The molecule has 3 heterocycles. The molecule has 11 nitrogen and oxygen atoms in total. The Hall–Kier alpha value is -3.32. The van der Waals surface area contributed by atoms with Crippen LogP contribution in [-0.2, 0) is 14.8 Å². The Bertz CT molecular complexity index is 1290. The van der Waals surface area contributed by atoms with E-state index < -0.39 is 28.1 Å². The predicted molar refractivity (Wildman–Crippen MR) is 125 cm³/mol. The third kappa shape index (κ3) is 5.97. The number of sulfonamides is 1. The van der Waals surface area contributed by atoms with Gasteiger partial charge in [0.1, 0.15) is 5.82 Å². The van der Waals surface area contributed by atoms with E-state index in [-0.39, 0.29) is 4.90 Å². The van der Waals surface area contributed by atoms with Gasteiger partial charge in [-0.15, -0.1) is 0 Å². The molecular formula is C22H27N5O6S. The van der Waals surface area contributed by atoms with Crippen molar-refractivity contribution in [3.8, 4) is 22.5 Å². The van der Waals surface area contributed by atoms with Gasteiger partial charge in [0, 0.05) is 37.8 Å². The third-order valence-electron chi connectivity index (χ3n) is 5.13. The summed E-state index contributed by atoms with van der Waals surface area (Å²) in [6.07, 6.45) is 0.831. The summed E-state index contributed by atoms with van der Waals surface area (Å²) in [7, 11) is -3.81. The molecule has 3 aromatic rings. The maximum atomic E-state index is 12.9. The molecule has 1 fully saturated rings. The Morgan fingerprint density at radius 1 is 1.21 bits per heavy atom. The molecule has 6 N–H and O–H groups in total. The molecule has 0 spiro atoms. The number of nitrogens with zero attached hydrogens (tertiary/aromatic N) is 2. The fourth-order valence-corrected chi connectivity index (χ4v) is 4.74. The Balaban J connectivity index is 0.000000751. The zero-order chi connectivity index (χ0) is 25.0. The summed E-state index contributed by atoms with van der Waals surface area (Å²) in [5.74, 6) is -0.0501. The SMILES string of the molecule is CC(=O)O.Cc1cc(-c2cc(-c3cc(S(=O)(=O)N[C@H]4CNC[C@@H]4O)ccc3C)cnc2N)on1. The highest BCUT2D eigenvalue weighted by Crippen LogP contribution is 2.32. The van der Waals surface area contributed by atoms with Crippen molar-refractivity contribution in [1.29, 1.82) is 0 Å². The van der Waals surface area contributed by atoms with Crippen LogP contribution in [0, 0.1) is 13.8 Å². The number of aliphatic hydroxyl groups excluding tert-OH is 1. The number of nitrogens with two attached hydrogens (primary N) is 1. The molecule has 0 saturated carbocycles. The third-order valence-corrected chi connectivity index (χ3v) is 6.62. The summed E-state index contributed by atoms with van der Waals surface area (Å²) >= 11 is 0.